The first kappa shape index (κ1) is 10.2. The lowest BCUT2D eigenvalue weighted by Gasteiger charge is -2.10. The third kappa shape index (κ3) is 3.53. The highest BCUT2D eigenvalue weighted by atomic mass is 16.5. The molecular formula is C10H15NO2. The molecule has 1 aromatic rings. The van der Waals surface area contributed by atoms with Gasteiger partial charge in [-0.25, -0.2) is 0 Å². The van der Waals surface area contributed by atoms with Gasteiger partial charge in [0.2, 0.25) is 0 Å². The predicted octanol–water partition coefficient (Wildman–Crippen LogP) is 1.19. The number of pyridine rings is 1. The Morgan fingerprint density at radius 1 is 1.54 bits per heavy atom. The van der Waals surface area contributed by atoms with Crippen molar-refractivity contribution < 1.29 is 9.84 Å². The van der Waals surface area contributed by atoms with Crippen molar-refractivity contribution in [1.82, 2.24) is 4.98 Å². The topological polar surface area (TPSA) is 42.4 Å². The van der Waals surface area contributed by atoms with Gasteiger partial charge < -0.3 is 9.84 Å². The van der Waals surface area contributed by atoms with E-state index in [4.69, 9.17) is 9.84 Å². The Hall–Kier alpha value is -0.930. The van der Waals surface area contributed by atoms with Crippen molar-refractivity contribution in [3.05, 3.63) is 30.1 Å². The summed E-state index contributed by atoms with van der Waals surface area (Å²) in [6.07, 6.45) is 1.78. The molecule has 0 spiro atoms. The Balaban J connectivity index is 2.35. The molecule has 1 unspecified atom stereocenters. The van der Waals surface area contributed by atoms with Gasteiger partial charge in [-0.15, -0.1) is 0 Å². The SMILES string of the molecule is CC(COCCO)c1ccccn1. The summed E-state index contributed by atoms with van der Waals surface area (Å²) in [4.78, 5) is 4.21. The molecule has 0 bridgehead atoms. The maximum Gasteiger partial charge on any atom is 0.0698 e. The van der Waals surface area contributed by atoms with Crippen LogP contribution < -0.4 is 0 Å². The van der Waals surface area contributed by atoms with Crippen LogP contribution in [-0.2, 0) is 4.74 Å². The van der Waals surface area contributed by atoms with Crippen molar-refractivity contribution >= 4 is 0 Å². The van der Waals surface area contributed by atoms with Crippen LogP contribution >= 0.6 is 0 Å². The van der Waals surface area contributed by atoms with Gasteiger partial charge in [-0.1, -0.05) is 13.0 Å². The van der Waals surface area contributed by atoms with Crippen molar-refractivity contribution in [2.45, 2.75) is 12.8 Å². The van der Waals surface area contributed by atoms with Crippen LogP contribution in [0.5, 0.6) is 0 Å². The number of hydrogen-bond acceptors (Lipinski definition) is 3. The lowest BCUT2D eigenvalue weighted by atomic mass is 10.1. The molecule has 1 rings (SSSR count). The van der Waals surface area contributed by atoms with E-state index >= 15 is 0 Å². The smallest absolute Gasteiger partial charge is 0.0698 e. The third-order valence-electron chi connectivity index (χ3n) is 1.80. The maximum atomic E-state index is 8.51. The molecule has 0 amide bonds. The predicted molar refractivity (Wildman–Crippen MR) is 50.6 cm³/mol. The minimum absolute atomic E-state index is 0.0783. The molecule has 0 saturated heterocycles. The Morgan fingerprint density at radius 2 is 2.38 bits per heavy atom. The van der Waals surface area contributed by atoms with Crippen LogP contribution in [0.25, 0.3) is 0 Å². The highest BCUT2D eigenvalue weighted by Gasteiger charge is 2.05. The lowest BCUT2D eigenvalue weighted by Crippen LogP contribution is -2.08. The van der Waals surface area contributed by atoms with Crippen LogP contribution in [0.3, 0.4) is 0 Å². The van der Waals surface area contributed by atoms with Gasteiger partial charge in [-0.2, -0.15) is 0 Å². The highest BCUT2D eigenvalue weighted by Crippen LogP contribution is 2.11. The quantitative estimate of drug-likeness (QED) is 0.694. The van der Waals surface area contributed by atoms with Crippen LogP contribution in [0.4, 0.5) is 0 Å². The van der Waals surface area contributed by atoms with Gasteiger partial charge in [0, 0.05) is 17.8 Å². The summed E-state index contributed by atoms with van der Waals surface area (Å²) in [5.74, 6) is 0.285. The van der Waals surface area contributed by atoms with Gasteiger partial charge in [-0.05, 0) is 12.1 Å². The monoisotopic (exact) mass is 181 g/mol. The van der Waals surface area contributed by atoms with Crippen molar-refractivity contribution in [3.63, 3.8) is 0 Å². The molecule has 0 aliphatic heterocycles. The largest absolute Gasteiger partial charge is 0.394 e. The minimum Gasteiger partial charge on any atom is -0.394 e. The Morgan fingerprint density at radius 3 is 3.00 bits per heavy atom. The summed E-state index contributed by atoms with van der Waals surface area (Å²) in [6.45, 7) is 3.14. The molecule has 0 fully saturated rings. The molecule has 1 atom stereocenters. The van der Waals surface area contributed by atoms with Crippen LogP contribution in [0.1, 0.15) is 18.5 Å². The van der Waals surface area contributed by atoms with E-state index in [9.17, 15) is 0 Å². The van der Waals surface area contributed by atoms with Gasteiger partial charge in [0.05, 0.1) is 19.8 Å². The van der Waals surface area contributed by atoms with E-state index < -0.39 is 0 Å². The molecule has 0 aliphatic carbocycles. The first-order valence-electron chi connectivity index (χ1n) is 4.44. The zero-order valence-electron chi connectivity index (χ0n) is 7.81. The zero-order valence-corrected chi connectivity index (χ0v) is 7.81. The van der Waals surface area contributed by atoms with E-state index in [0.717, 1.165) is 5.69 Å². The Labute approximate surface area is 78.4 Å². The van der Waals surface area contributed by atoms with E-state index in [-0.39, 0.29) is 12.5 Å². The normalized spacial score (nSPS) is 12.8. The molecule has 1 N–H and O–H groups in total. The molecule has 0 saturated carbocycles. The van der Waals surface area contributed by atoms with Crippen LogP contribution in [0, 0.1) is 0 Å². The average molecular weight is 181 g/mol. The average Bonchev–Trinajstić information content (AvgIpc) is 2.19. The third-order valence-corrected chi connectivity index (χ3v) is 1.80. The summed E-state index contributed by atoms with van der Waals surface area (Å²) in [7, 11) is 0. The molecule has 0 aromatic carbocycles. The van der Waals surface area contributed by atoms with E-state index in [1.165, 1.54) is 0 Å². The van der Waals surface area contributed by atoms with Gasteiger partial charge >= 0.3 is 0 Å². The first-order valence-corrected chi connectivity index (χ1v) is 4.44. The summed E-state index contributed by atoms with van der Waals surface area (Å²) in [5, 5.41) is 8.51. The first-order chi connectivity index (χ1) is 6.34. The molecule has 0 radical (unpaired) electrons. The number of aliphatic hydroxyl groups is 1. The van der Waals surface area contributed by atoms with E-state index in [2.05, 4.69) is 11.9 Å². The number of hydrogen-bond donors (Lipinski definition) is 1. The summed E-state index contributed by atoms with van der Waals surface area (Å²) >= 11 is 0. The standard InChI is InChI=1S/C10H15NO2/c1-9(8-13-7-6-12)10-4-2-3-5-11-10/h2-5,9,12H,6-8H2,1H3. The molecule has 1 aromatic heterocycles. The summed E-state index contributed by atoms with van der Waals surface area (Å²) < 4.78 is 5.21. The Kier molecular flexibility index (Phi) is 4.43. The minimum atomic E-state index is 0.0783. The van der Waals surface area contributed by atoms with Crippen molar-refractivity contribution in [2.75, 3.05) is 19.8 Å². The molecule has 0 aliphatic rings. The number of aromatic nitrogens is 1. The molecular weight excluding hydrogens is 166 g/mol. The number of nitrogens with zero attached hydrogens (tertiary/aromatic N) is 1. The Bertz CT molecular complexity index is 226. The van der Waals surface area contributed by atoms with Gasteiger partial charge in [-0.3, -0.25) is 4.98 Å². The molecule has 1 heterocycles. The van der Waals surface area contributed by atoms with Crippen LogP contribution in [0.2, 0.25) is 0 Å². The second kappa shape index (κ2) is 5.67. The fourth-order valence-electron chi connectivity index (χ4n) is 1.08. The summed E-state index contributed by atoms with van der Waals surface area (Å²) in [6, 6.07) is 5.84. The fourth-order valence-corrected chi connectivity index (χ4v) is 1.08. The lowest BCUT2D eigenvalue weighted by molar-refractivity contribution is 0.0843. The van der Waals surface area contributed by atoms with E-state index in [1.54, 1.807) is 6.20 Å². The van der Waals surface area contributed by atoms with Crippen molar-refractivity contribution in [2.24, 2.45) is 0 Å². The molecule has 3 heteroatoms. The maximum absolute atomic E-state index is 8.51. The van der Waals surface area contributed by atoms with E-state index in [0.29, 0.717) is 13.2 Å². The van der Waals surface area contributed by atoms with Crippen molar-refractivity contribution in [1.29, 1.82) is 0 Å². The molecule has 3 nitrogen and oxygen atoms in total. The van der Waals surface area contributed by atoms with Gasteiger partial charge in [0.15, 0.2) is 0 Å². The fraction of sp³-hybridized carbons (Fsp3) is 0.500. The number of ether oxygens (including phenoxy) is 1. The molecule has 72 valence electrons. The zero-order chi connectivity index (χ0) is 9.52. The highest BCUT2D eigenvalue weighted by molar-refractivity contribution is 5.08. The number of rotatable bonds is 5. The van der Waals surface area contributed by atoms with Gasteiger partial charge in [0.25, 0.3) is 0 Å². The van der Waals surface area contributed by atoms with Crippen molar-refractivity contribution in [3.8, 4) is 0 Å². The molecule has 13 heavy (non-hydrogen) atoms. The van der Waals surface area contributed by atoms with Gasteiger partial charge in [0.1, 0.15) is 0 Å². The van der Waals surface area contributed by atoms with Crippen LogP contribution in [-0.4, -0.2) is 29.9 Å². The second-order valence-corrected chi connectivity index (χ2v) is 2.95. The number of aliphatic hydroxyl groups excluding tert-OH is 1. The van der Waals surface area contributed by atoms with Crippen LogP contribution in [0.15, 0.2) is 24.4 Å². The summed E-state index contributed by atoms with van der Waals surface area (Å²) in [5.41, 5.74) is 1.03. The van der Waals surface area contributed by atoms with E-state index in [1.807, 2.05) is 18.2 Å². The second-order valence-electron chi connectivity index (χ2n) is 2.95.